The first-order chi connectivity index (χ1) is 13.4. The van der Waals surface area contributed by atoms with E-state index >= 15 is 0 Å². The van der Waals surface area contributed by atoms with Crippen LogP contribution in [0.4, 0.5) is 5.13 Å². The molecule has 3 rings (SSSR count). The molecule has 2 aromatic carbocycles. The molecular weight excluding hydrogens is 396 g/mol. The second-order valence-electron chi connectivity index (χ2n) is 6.51. The fourth-order valence-electron chi connectivity index (χ4n) is 2.86. The Labute approximate surface area is 168 Å². The molecule has 8 heteroatoms. The second kappa shape index (κ2) is 8.70. The number of methoxy groups -OCH3 is 1. The summed E-state index contributed by atoms with van der Waals surface area (Å²) in [6, 6.07) is 12.8. The first-order valence-corrected chi connectivity index (χ1v) is 11.5. The molecule has 0 saturated carbocycles. The number of fused-ring (bicyclic) bond motifs is 1. The van der Waals surface area contributed by atoms with E-state index in [1.807, 2.05) is 37.3 Å². The van der Waals surface area contributed by atoms with Gasteiger partial charge in [0.2, 0.25) is 5.91 Å². The Morgan fingerprint density at radius 1 is 1.18 bits per heavy atom. The number of ether oxygens (including phenoxy) is 1. The van der Waals surface area contributed by atoms with Crippen LogP contribution in [-0.4, -0.2) is 32.2 Å². The Morgan fingerprint density at radius 3 is 2.64 bits per heavy atom. The van der Waals surface area contributed by atoms with Crippen molar-refractivity contribution in [2.45, 2.75) is 25.5 Å². The largest absolute Gasteiger partial charge is 0.494 e. The minimum absolute atomic E-state index is 0.00754. The molecule has 0 atom stereocenters. The van der Waals surface area contributed by atoms with E-state index in [2.05, 4.69) is 10.3 Å². The van der Waals surface area contributed by atoms with Crippen LogP contribution in [0, 0.1) is 6.92 Å². The lowest BCUT2D eigenvalue weighted by molar-refractivity contribution is -0.116. The summed E-state index contributed by atoms with van der Waals surface area (Å²) in [5.41, 5.74) is 2.53. The maximum Gasteiger partial charge on any atom is 0.226 e. The Balaban J connectivity index is 1.56. The minimum Gasteiger partial charge on any atom is -0.494 e. The molecule has 6 nitrogen and oxygen atoms in total. The number of nitrogens with zero attached hydrogens (tertiary/aromatic N) is 1. The van der Waals surface area contributed by atoms with Gasteiger partial charge in [0.25, 0.3) is 0 Å². The average Bonchev–Trinajstić information content (AvgIpc) is 3.07. The van der Waals surface area contributed by atoms with E-state index in [-0.39, 0.29) is 30.3 Å². The topological polar surface area (TPSA) is 85.4 Å². The number of rotatable bonds is 8. The van der Waals surface area contributed by atoms with Crippen molar-refractivity contribution in [2.75, 3.05) is 18.2 Å². The minimum atomic E-state index is -3.25. The highest BCUT2D eigenvalue weighted by Crippen LogP contribution is 2.34. The molecule has 0 unspecified atom stereocenters. The van der Waals surface area contributed by atoms with E-state index in [9.17, 15) is 13.2 Å². The van der Waals surface area contributed by atoms with Gasteiger partial charge < -0.3 is 10.1 Å². The van der Waals surface area contributed by atoms with Crippen molar-refractivity contribution in [1.82, 2.24) is 4.98 Å². The maximum atomic E-state index is 12.2. The summed E-state index contributed by atoms with van der Waals surface area (Å²) in [5, 5.41) is 3.25. The van der Waals surface area contributed by atoms with Gasteiger partial charge in [-0.3, -0.25) is 4.79 Å². The third-order valence-corrected chi connectivity index (χ3v) is 7.05. The van der Waals surface area contributed by atoms with Crippen LogP contribution in [0.15, 0.2) is 42.5 Å². The molecular formula is C20H22N2O4S2. The lowest BCUT2D eigenvalue weighted by Gasteiger charge is -2.05. The fourth-order valence-corrected chi connectivity index (χ4v) is 5.26. The van der Waals surface area contributed by atoms with Gasteiger partial charge >= 0.3 is 0 Å². The summed E-state index contributed by atoms with van der Waals surface area (Å²) in [4.78, 5) is 16.6. The smallest absolute Gasteiger partial charge is 0.226 e. The summed E-state index contributed by atoms with van der Waals surface area (Å²) in [6.45, 7) is 1.98. The van der Waals surface area contributed by atoms with E-state index in [1.165, 1.54) is 11.3 Å². The molecule has 28 heavy (non-hydrogen) atoms. The van der Waals surface area contributed by atoms with Crippen molar-refractivity contribution in [1.29, 1.82) is 0 Å². The van der Waals surface area contributed by atoms with E-state index in [4.69, 9.17) is 4.74 Å². The number of thiazole rings is 1. The van der Waals surface area contributed by atoms with Gasteiger partial charge in [0.05, 0.1) is 23.3 Å². The van der Waals surface area contributed by atoms with Crippen LogP contribution in [0.5, 0.6) is 5.75 Å². The zero-order chi connectivity index (χ0) is 20.1. The van der Waals surface area contributed by atoms with E-state index in [0.29, 0.717) is 16.4 Å². The maximum absolute atomic E-state index is 12.2. The Kier molecular flexibility index (Phi) is 6.31. The lowest BCUT2D eigenvalue weighted by Crippen LogP contribution is -2.15. The van der Waals surface area contributed by atoms with Crippen molar-refractivity contribution in [3.05, 3.63) is 53.6 Å². The van der Waals surface area contributed by atoms with E-state index in [0.717, 1.165) is 15.8 Å². The molecule has 0 aliphatic rings. The van der Waals surface area contributed by atoms with E-state index < -0.39 is 9.84 Å². The zero-order valence-electron chi connectivity index (χ0n) is 15.8. The number of nitrogens with one attached hydrogen (secondary N) is 1. The summed E-state index contributed by atoms with van der Waals surface area (Å²) in [7, 11) is -1.67. The predicted molar refractivity (Wildman–Crippen MR) is 113 cm³/mol. The number of hydrogen-bond acceptors (Lipinski definition) is 6. The monoisotopic (exact) mass is 418 g/mol. The summed E-state index contributed by atoms with van der Waals surface area (Å²) < 4.78 is 30.7. The normalized spacial score (nSPS) is 11.5. The van der Waals surface area contributed by atoms with Gasteiger partial charge in [0, 0.05) is 6.42 Å². The average molecular weight is 419 g/mol. The molecule has 0 bridgehead atoms. The highest BCUT2D eigenvalue weighted by Gasteiger charge is 2.15. The Bertz CT molecular complexity index is 1080. The molecule has 0 saturated heterocycles. The van der Waals surface area contributed by atoms with Crippen molar-refractivity contribution in [3.8, 4) is 5.75 Å². The molecule has 1 N–H and O–H groups in total. The first kappa shape index (κ1) is 20.3. The molecule has 148 valence electrons. The van der Waals surface area contributed by atoms with Crippen molar-refractivity contribution in [2.24, 2.45) is 0 Å². The van der Waals surface area contributed by atoms with Gasteiger partial charge in [-0.25, -0.2) is 13.4 Å². The second-order valence-corrected chi connectivity index (χ2v) is 9.69. The molecule has 0 radical (unpaired) electrons. The number of anilines is 1. The van der Waals surface area contributed by atoms with Crippen LogP contribution in [0.3, 0.4) is 0 Å². The van der Waals surface area contributed by atoms with Gasteiger partial charge in [-0.1, -0.05) is 47.7 Å². The fraction of sp³-hybridized carbons (Fsp3) is 0.300. The number of hydrogen-bond donors (Lipinski definition) is 1. The Hall–Kier alpha value is -2.45. The van der Waals surface area contributed by atoms with Crippen LogP contribution in [0.1, 0.15) is 24.0 Å². The molecule has 1 aromatic heterocycles. The molecule has 1 heterocycles. The molecule has 3 aromatic rings. The molecule has 0 fully saturated rings. The summed E-state index contributed by atoms with van der Waals surface area (Å²) >= 11 is 1.38. The number of sulfone groups is 1. The number of aryl methyl sites for hydroxylation is 1. The van der Waals surface area contributed by atoms with Crippen molar-refractivity contribution >= 4 is 42.4 Å². The third kappa shape index (κ3) is 5.08. The van der Waals surface area contributed by atoms with Gasteiger partial charge in [0.15, 0.2) is 15.0 Å². The van der Waals surface area contributed by atoms with Crippen LogP contribution in [-0.2, 0) is 20.4 Å². The van der Waals surface area contributed by atoms with Gasteiger partial charge in [-0.15, -0.1) is 0 Å². The summed E-state index contributed by atoms with van der Waals surface area (Å²) in [6.07, 6.45) is 0.397. The van der Waals surface area contributed by atoms with E-state index in [1.54, 1.807) is 19.2 Å². The molecule has 0 aliphatic carbocycles. The SMILES string of the molecule is COc1ccc(C)c2sc(NC(=O)CCCS(=O)(=O)Cc3ccccc3)nc12. The van der Waals surface area contributed by atoms with Crippen molar-refractivity contribution in [3.63, 3.8) is 0 Å². The summed E-state index contributed by atoms with van der Waals surface area (Å²) in [5.74, 6) is 0.379. The van der Waals surface area contributed by atoms with Crippen LogP contribution in [0.2, 0.25) is 0 Å². The molecule has 0 spiro atoms. The quantitative estimate of drug-likeness (QED) is 0.599. The number of benzene rings is 2. The van der Waals surface area contributed by atoms with Crippen LogP contribution < -0.4 is 10.1 Å². The van der Waals surface area contributed by atoms with Crippen LogP contribution in [0.25, 0.3) is 10.2 Å². The van der Waals surface area contributed by atoms with Gasteiger partial charge in [-0.05, 0) is 30.5 Å². The highest BCUT2D eigenvalue weighted by molar-refractivity contribution is 7.90. The number of aromatic nitrogens is 1. The van der Waals surface area contributed by atoms with Crippen molar-refractivity contribution < 1.29 is 17.9 Å². The number of carbonyl (C=O) groups excluding carboxylic acids is 1. The first-order valence-electron chi connectivity index (χ1n) is 8.86. The zero-order valence-corrected chi connectivity index (χ0v) is 17.4. The Morgan fingerprint density at radius 2 is 1.93 bits per heavy atom. The molecule has 0 aliphatic heterocycles. The lowest BCUT2D eigenvalue weighted by atomic mass is 10.2. The highest BCUT2D eigenvalue weighted by atomic mass is 32.2. The number of amides is 1. The molecule has 1 amide bonds. The van der Waals surface area contributed by atoms with Gasteiger partial charge in [0.1, 0.15) is 11.3 Å². The third-order valence-electron chi connectivity index (χ3n) is 4.26. The van der Waals surface area contributed by atoms with Gasteiger partial charge in [-0.2, -0.15) is 0 Å². The number of carbonyl (C=O) groups is 1. The standard InChI is InChI=1S/C20H22N2O4S2/c1-14-10-11-16(26-2)18-19(14)27-20(22-18)21-17(23)9-6-12-28(24,25)13-15-7-4-3-5-8-15/h3-5,7-8,10-11H,6,9,12-13H2,1-2H3,(H,21,22,23). The van der Waals surface area contributed by atoms with Crippen LogP contribution >= 0.6 is 11.3 Å². The predicted octanol–water partition coefficient (Wildman–Crippen LogP) is 3.95.